The quantitative estimate of drug-likeness (QED) is 0.615. The summed E-state index contributed by atoms with van der Waals surface area (Å²) in [7, 11) is 0. The SMILES string of the molecule is O=C(NCc1cccc(C(F)(F)F)c1)Oc1cnn(-c2ccccn2)c1C(F)(F)F. The molecular weight excluding hydrogens is 418 g/mol. The Morgan fingerprint density at radius 1 is 1.03 bits per heavy atom. The number of hydrogen-bond acceptors (Lipinski definition) is 4. The molecule has 0 bridgehead atoms. The number of alkyl halides is 6. The number of pyridine rings is 1. The van der Waals surface area contributed by atoms with E-state index in [1.165, 1.54) is 30.5 Å². The summed E-state index contributed by atoms with van der Waals surface area (Å²) in [6, 6.07) is 8.34. The van der Waals surface area contributed by atoms with Crippen LogP contribution >= 0.6 is 0 Å². The summed E-state index contributed by atoms with van der Waals surface area (Å²) in [6.07, 6.45) is -8.83. The molecule has 0 aliphatic rings. The molecule has 0 radical (unpaired) electrons. The molecule has 1 aromatic carbocycles. The molecule has 0 aliphatic heterocycles. The highest BCUT2D eigenvalue weighted by molar-refractivity contribution is 5.70. The zero-order chi connectivity index (χ0) is 21.9. The second kappa shape index (κ2) is 8.05. The van der Waals surface area contributed by atoms with Gasteiger partial charge >= 0.3 is 18.4 Å². The third-order valence-corrected chi connectivity index (χ3v) is 3.76. The maximum absolute atomic E-state index is 13.5. The van der Waals surface area contributed by atoms with Crippen molar-refractivity contribution in [3.63, 3.8) is 0 Å². The lowest BCUT2D eigenvalue weighted by atomic mass is 10.1. The minimum Gasteiger partial charge on any atom is -0.406 e. The van der Waals surface area contributed by atoms with Gasteiger partial charge in [-0.15, -0.1) is 0 Å². The maximum Gasteiger partial charge on any atom is 0.437 e. The van der Waals surface area contributed by atoms with Gasteiger partial charge in [0.1, 0.15) is 0 Å². The van der Waals surface area contributed by atoms with E-state index >= 15 is 0 Å². The van der Waals surface area contributed by atoms with Gasteiger partial charge in [-0.3, -0.25) is 0 Å². The third-order valence-electron chi connectivity index (χ3n) is 3.76. The summed E-state index contributed by atoms with van der Waals surface area (Å²) in [5, 5.41) is 5.67. The molecule has 158 valence electrons. The number of halogens is 6. The molecule has 0 unspecified atom stereocenters. The van der Waals surface area contributed by atoms with Gasteiger partial charge in [0.25, 0.3) is 0 Å². The molecule has 0 aliphatic carbocycles. The Morgan fingerprint density at radius 2 is 1.80 bits per heavy atom. The number of aromatic nitrogens is 3. The monoisotopic (exact) mass is 430 g/mol. The van der Waals surface area contributed by atoms with E-state index in [0.717, 1.165) is 18.2 Å². The molecule has 6 nitrogen and oxygen atoms in total. The number of hydrogen-bond donors (Lipinski definition) is 1. The minimum atomic E-state index is -4.93. The first-order valence-electron chi connectivity index (χ1n) is 8.24. The number of amides is 1. The number of benzene rings is 1. The van der Waals surface area contributed by atoms with Crippen molar-refractivity contribution in [2.24, 2.45) is 0 Å². The van der Waals surface area contributed by atoms with Crippen molar-refractivity contribution in [3.8, 4) is 11.6 Å². The Labute approximate surface area is 165 Å². The van der Waals surface area contributed by atoms with Crippen LogP contribution in [0.25, 0.3) is 5.82 Å². The highest BCUT2D eigenvalue weighted by Crippen LogP contribution is 2.37. The summed E-state index contributed by atoms with van der Waals surface area (Å²) in [5.41, 5.74) is -2.21. The van der Waals surface area contributed by atoms with Crippen LogP contribution in [0.2, 0.25) is 0 Å². The topological polar surface area (TPSA) is 69.0 Å². The van der Waals surface area contributed by atoms with Crippen LogP contribution in [0.1, 0.15) is 16.8 Å². The zero-order valence-corrected chi connectivity index (χ0v) is 14.8. The van der Waals surface area contributed by atoms with Crippen LogP contribution < -0.4 is 10.1 Å². The van der Waals surface area contributed by atoms with Crippen molar-refractivity contribution in [2.75, 3.05) is 0 Å². The first-order valence-corrected chi connectivity index (χ1v) is 8.24. The molecule has 0 spiro atoms. The molecule has 2 heterocycles. The highest BCUT2D eigenvalue weighted by atomic mass is 19.4. The van der Waals surface area contributed by atoms with Crippen molar-refractivity contribution in [2.45, 2.75) is 18.9 Å². The molecule has 0 saturated carbocycles. The van der Waals surface area contributed by atoms with Gasteiger partial charge in [0.15, 0.2) is 17.3 Å². The lowest BCUT2D eigenvalue weighted by Crippen LogP contribution is -2.27. The van der Waals surface area contributed by atoms with Gasteiger partial charge in [-0.1, -0.05) is 18.2 Å². The third kappa shape index (κ3) is 4.88. The largest absolute Gasteiger partial charge is 0.437 e. The summed E-state index contributed by atoms with van der Waals surface area (Å²) in [5.74, 6) is -1.03. The highest BCUT2D eigenvalue weighted by Gasteiger charge is 2.40. The summed E-state index contributed by atoms with van der Waals surface area (Å²) >= 11 is 0. The average molecular weight is 430 g/mol. The molecule has 0 saturated heterocycles. The van der Waals surface area contributed by atoms with Crippen LogP contribution in [-0.2, 0) is 18.9 Å². The summed E-state index contributed by atoms with van der Waals surface area (Å²) in [6.45, 7) is -0.390. The maximum atomic E-state index is 13.5. The van der Waals surface area contributed by atoms with Gasteiger partial charge in [0.05, 0.1) is 11.8 Å². The van der Waals surface area contributed by atoms with Crippen molar-refractivity contribution in [3.05, 3.63) is 71.7 Å². The molecule has 30 heavy (non-hydrogen) atoms. The number of carbonyl (C=O) groups is 1. The normalized spacial score (nSPS) is 11.9. The van der Waals surface area contributed by atoms with Gasteiger partial charge in [-0.25, -0.2) is 14.5 Å². The van der Waals surface area contributed by atoms with Gasteiger partial charge in [-0.2, -0.15) is 31.4 Å². The molecule has 0 atom stereocenters. The van der Waals surface area contributed by atoms with E-state index < -0.39 is 42.0 Å². The van der Waals surface area contributed by atoms with Gasteiger partial charge < -0.3 is 10.1 Å². The van der Waals surface area contributed by atoms with Crippen LogP contribution in [-0.4, -0.2) is 20.9 Å². The standard InChI is InChI=1S/C18H12F6N4O2/c19-17(20,21)12-5-3-4-11(8-12)9-26-16(29)30-13-10-27-28(15(13)18(22,23)24)14-6-1-2-7-25-14/h1-8,10H,9H2,(H,26,29). The second-order valence-electron chi connectivity index (χ2n) is 5.90. The summed E-state index contributed by atoms with van der Waals surface area (Å²) < 4.78 is 83.8. The van der Waals surface area contributed by atoms with Gasteiger partial charge in [-0.05, 0) is 29.8 Å². The predicted octanol–water partition coefficient (Wildman–Crippen LogP) is 4.59. The Balaban J connectivity index is 1.75. The fourth-order valence-corrected chi connectivity index (χ4v) is 2.49. The zero-order valence-electron chi connectivity index (χ0n) is 14.8. The van der Waals surface area contributed by atoms with E-state index in [0.29, 0.717) is 10.9 Å². The summed E-state index contributed by atoms with van der Waals surface area (Å²) in [4.78, 5) is 15.7. The average Bonchev–Trinajstić information content (AvgIpc) is 3.11. The predicted molar refractivity (Wildman–Crippen MR) is 90.7 cm³/mol. The number of rotatable bonds is 4. The molecule has 1 N–H and O–H groups in total. The second-order valence-corrected chi connectivity index (χ2v) is 5.90. The molecule has 3 aromatic rings. The fourth-order valence-electron chi connectivity index (χ4n) is 2.49. The van der Waals surface area contributed by atoms with Crippen molar-refractivity contribution in [1.82, 2.24) is 20.1 Å². The van der Waals surface area contributed by atoms with Crippen LogP contribution in [0, 0.1) is 0 Å². The van der Waals surface area contributed by atoms with Crippen LogP contribution in [0.3, 0.4) is 0 Å². The molecular formula is C18H12F6N4O2. The van der Waals surface area contributed by atoms with E-state index in [-0.39, 0.29) is 11.4 Å². The molecule has 3 rings (SSSR count). The van der Waals surface area contributed by atoms with Crippen molar-refractivity contribution in [1.29, 1.82) is 0 Å². The van der Waals surface area contributed by atoms with Gasteiger partial charge in [0.2, 0.25) is 0 Å². The van der Waals surface area contributed by atoms with Crippen molar-refractivity contribution < 1.29 is 35.9 Å². The minimum absolute atomic E-state index is 0.0852. The Bertz CT molecular complexity index is 1030. The van der Waals surface area contributed by atoms with Crippen molar-refractivity contribution >= 4 is 6.09 Å². The van der Waals surface area contributed by atoms with E-state index in [2.05, 4.69) is 15.4 Å². The Kier molecular flexibility index (Phi) is 5.67. The van der Waals surface area contributed by atoms with Gasteiger partial charge in [0, 0.05) is 12.7 Å². The smallest absolute Gasteiger partial charge is 0.406 e. The van der Waals surface area contributed by atoms with E-state index in [1.807, 2.05) is 0 Å². The van der Waals surface area contributed by atoms with E-state index in [9.17, 15) is 31.1 Å². The van der Waals surface area contributed by atoms with Crippen LogP contribution in [0.15, 0.2) is 54.9 Å². The Morgan fingerprint density at radius 3 is 2.43 bits per heavy atom. The molecule has 12 heteroatoms. The number of nitrogens with one attached hydrogen (secondary N) is 1. The first kappa shape index (κ1) is 21.1. The first-order chi connectivity index (χ1) is 14.1. The van der Waals surface area contributed by atoms with E-state index in [4.69, 9.17) is 4.74 Å². The molecule has 2 aromatic heterocycles. The van der Waals surface area contributed by atoms with Crippen LogP contribution in [0.4, 0.5) is 31.1 Å². The lowest BCUT2D eigenvalue weighted by Gasteiger charge is -2.12. The number of carbonyl (C=O) groups excluding carboxylic acids is 1. The Hall–Kier alpha value is -3.57. The number of ether oxygens (including phenoxy) is 1. The van der Waals surface area contributed by atoms with Crippen LogP contribution in [0.5, 0.6) is 5.75 Å². The number of nitrogens with zero attached hydrogens (tertiary/aromatic N) is 3. The lowest BCUT2D eigenvalue weighted by molar-refractivity contribution is -0.143. The van der Waals surface area contributed by atoms with E-state index in [1.54, 1.807) is 0 Å². The molecule has 0 fully saturated rings. The molecule has 1 amide bonds. The fraction of sp³-hybridized carbons (Fsp3) is 0.167.